The molecule has 0 spiro atoms. The monoisotopic (exact) mass is 321 g/mol. The number of amides is 3. The Hall–Kier alpha value is -2.48. The minimum atomic E-state index is -0.843. The maximum atomic E-state index is 14.1. The molecule has 1 aromatic carbocycles. The van der Waals surface area contributed by atoms with Crippen molar-refractivity contribution in [2.24, 2.45) is 0 Å². The molecule has 1 unspecified atom stereocenters. The topological polar surface area (TPSA) is 98.7 Å². The number of piperidine rings is 1. The van der Waals surface area contributed by atoms with E-state index in [0.717, 1.165) is 0 Å². The van der Waals surface area contributed by atoms with Crippen molar-refractivity contribution in [3.05, 3.63) is 29.6 Å². The number of anilines is 1. The van der Waals surface area contributed by atoms with Crippen LogP contribution in [0, 0.1) is 5.82 Å². The van der Waals surface area contributed by atoms with Gasteiger partial charge in [0.05, 0.1) is 11.7 Å². The second-order valence-corrected chi connectivity index (χ2v) is 5.70. The van der Waals surface area contributed by atoms with Crippen molar-refractivity contribution < 1.29 is 23.9 Å². The van der Waals surface area contributed by atoms with Gasteiger partial charge in [-0.05, 0) is 24.6 Å². The van der Waals surface area contributed by atoms with Gasteiger partial charge in [-0.15, -0.1) is 0 Å². The zero-order valence-corrected chi connectivity index (χ0v) is 12.2. The Morgan fingerprint density at radius 2 is 2.09 bits per heavy atom. The molecule has 23 heavy (non-hydrogen) atoms. The molecule has 0 radical (unpaired) electrons. The number of hydrogen-bond donors (Lipinski definition) is 3. The van der Waals surface area contributed by atoms with Crippen molar-refractivity contribution in [2.75, 3.05) is 18.0 Å². The number of nitrogens with zero attached hydrogens (tertiary/aromatic N) is 1. The molecular weight excluding hydrogens is 305 g/mol. The Labute approximate surface area is 131 Å². The molecule has 0 aromatic heterocycles. The van der Waals surface area contributed by atoms with Crippen LogP contribution >= 0.6 is 0 Å². The summed E-state index contributed by atoms with van der Waals surface area (Å²) in [6.07, 6.45) is -0.0782. The van der Waals surface area contributed by atoms with Gasteiger partial charge in [0.2, 0.25) is 11.8 Å². The Morgan fingerprint density at radius 3 is 2.70 bits per heavy atom. The molecule has 0 aliphatic carbocycles. The van der Waals surface area contributed by atoms with Crippen LogP contribution < -0.4 is 15.5 Å². The number of carbonyl (C=O) groups excluding carboxylic acids is 3. The molecule has 122 valence electrons. The Kier molecular flexibility index (Phi) is 3.99. The third-order valence-corrected chi connectivity index (χ3v) is 3.97. The summed E-state index contributed by atoms with van der Waals surface area (Å²) in [7, 11) is 0. The fourth-order valence-corrected chi connectivity index (χ4v) is 2.62. The smallest absolute Gasteiger partial charge is 0.254 e. The fourth-order valence-electron chi connectivity index (χ4n) is 2.62. The first-order valence-corrected chi connectivity index (χ1v) is 7.31. The van der Waals surface area contributed by atoms with Crippen LogP contribution in [0.2, 0.25) is 0 Å². The van der Waals surface area contributed by atoms with Gasteiger partial charge in [-0.2, -0.15) is 0 Å². The lowest BCUT2D eigenvalue weighted by Gasteiger charge is -2.37. The van der Waals surface area contributed by atoms with Crippen molar-refractivity contribution in [1.82, 2.24) is 10.6 Å². The number of rotatable bonds is 3. The van der Waals surface area contributed by atoms with Crippen LogP contribution in [-0.2, 0) is 9.59 Å². The van der Waals surface area contributed by atoms with Crippen LogP contribution in [0.15, 0.2) is 18.2 Å². The number of carbonyl (C=O) groups is 3. The molecule has 7 nitrogen and oxygen atoms in total. The van der Waals surface area contributed by atoms with E-state index in [-0.39, 0.29) is 24.3 Å². The van der Waals surface area contributed by atoms with Crippen LogP contribution in [0.1, 0.15) is 23.2 Å². The Morgan fingerprint density at radius 1 is 1.35 bits per heavy atom. The van der Waals surface area contributed by atoms with Crippen molar-refractivity contribution in [1.29, 1.82) is 0 Å². The summed E-state index contributed by atoms with van der Waals surface area (Å²) in [4.78, 5) is 36.6. The number of halogens is 1. The summed E-state index contributed by atoms with van der Waals surface area (Å²) in [5.74, 6) is -2.37. The zero-order valence-electron chi connectivity index (χ0n) is 12.2. The maximum Gasteiger partial charge on any atom is 0.254 e. The highest BCUT2D eigenvalue weighted by Crippen LogP contribution is 2.23. The van der Waals surface area contributed by atoms with Crippen molar-refractivity contribution in [2.45, 2.75) is 25.0 Å². The number of hydrogen-bond acceptors (Lipinski definition) is 5. The molecule has 1 aromatic rings. The molecule has 3 amide bonds. The van der Waals surface area contributed by atoms with Crippen LogP contribution in [0.3, 0.4) is 0 Å². The molecule has 1 atom stereocenters. The lowest BCUT2D eigenvalue weighted by molar-refractivity contribution is -0.134. The number of β-amino-alcohol motifs (C(OH)–C–C–N with tert-alkyl or cyclic N) is 1. The third-order valence-electron chi connectivity index (χ3n) is 3.97. The molecule has 2 fully saturated rings. The average molecular weight is 321 g/mol. The second kappa shape index (κ2) is 5.96. The van der Waals surface area contributed by atoms with E-state index in [9.17, 15) is 23.9 Å². The Balaban J connectivity index is 1.67. The molecule has 0 bridgehead atoms. The van der Waals surface area contributed by atoms with Crippen LogP contribution in [0.5, 0.6) is 0 Å². The van der Waals surface area contributed by atoms with Gasteiger partial charge in [-0.1, -0.05) is 0 Å². The number of aliphatic hydroxyl groups is 1. The van der Waals surface area contributed by atoms with Gasteiger partial charge in [0.1, 0.15) is 11.9 Å². The lowest BCUT2D eigenvalue weighted by Crippen LogP contribution is -2.52. The van der Waals surface area contributed by atoms with Crippen molar-refractivity contribution in [3.8, 4) is 0 Å². The van der Waals surface area contributed by atoms with Crippen molar-refractivity contribution in [3.63, 3.8) is 0 Å². The summed E-state index contributed by atoms with van der Waals surface area (Å²) in [6, 6.07) is 3.32. The van der Waals surface area contributed by atoms with E-state index >= 15 is 0 Å². The highest BCUT2D eigenvalue weighted by molar-refractivity contribution is 6.03. The van der Waals surface area contributed by atoms with E-state index in [0.29, 0.717) is 18.8 Å². The maximum absolute atomic E-state index is 14.1. The number of benzene rings is 1. The third kappa shape index (κ3) is 3.16. The van der Waals surface area contributed by atoms with Gasteiger partial charge in [-0.25, -0.2) is 4.39 Å². The number of nitrogens with one attached hydrogen (secondary N) is 2. The summed E-state index contributed by atoms with van der Waals surface area (Å²) in [5.41, 5.74) is 0.421. The molecule has 2 heterocycles. The first-order chi connectivity index (χ1) is 10.9. The quantitative estimate of drug-likeness (QED) is 0.655. The zero-order chi connectivity index (χ0) is 16.6. The molecule has 3 rings (SSSR count). The lowest BCUT2D eigenvalue weighted by atomic mass is 10.0. The fraction of sp³-hybridized carbons (Fsp3) is 0.400. The summed E-state index contributed by atoms with van der Waals surface area (Å²) < 4.78 is 14.1. The predicted octanol–water partition coefficient (Wildman–Crippen LogP) is -0.458. The van der Waals surface area contributed by atoms with E-state index in [1.807, 2.05) is 0 Å². The van der Waals surface area contributed by atoms with Gasteiger partial charge >= 0.3 is 0 Å². The molecule has 8 heteroatoms. The van der Waals surface area contributed by atoms with E-state index in [2.05, 4.69) is 10.6 Å². The van der Waals surface area contributed by atoms with E-state index in [4.69, 9.17) is 0 Å². The number of imide groups is 1. The predicted molar refractivity (Wildman–Crippen MR) is 78.3 cm³/mol. The van der Waals surface area contributed by atoms with E-state index in [1.54, 1.807) is 11.0 Å². The minimum absolute atomic E-state index is 0.134. The van der Waals surface area contributed by atoms with Crippen molar-refractivity contribution >= 4 is 23.4 Å². The standard InChI is InChI=1S/C15H16FN3O4/c16-11-5-8(19-6-9(20)7-19)1-2-10(11)14(22)17-12-3-4-13(21)18-15(12)23/h1-2,5,9,12,20H,3-4,6-7H2,(H,17,22)(H,18,21,23). The van der Waals surface area contributed by atoms with Gasteiger partial charge in [0.15, 0.2) is 0 Å². The highest BCUT2D eigenvalue weighted by atomic mass is 19.1. The van der Waals surface area contributed by atoms with E-state index in [1.165, 1.54) is 12.1 Å². The number of aliphatic hydroxyl groups excluding tert-OH is 1. The van der Waals surface area contributed by atoms with Crippen LogP contribution in [0.25, 0.3) is 0 Å². The summed E-state index contributed by atoms with van der Waals surface area (Å²) in [5, 5.41) is 13.8. The van der Waals surface area contributed by atoms with Gasteiger partial charge in [0, 0.05) is 25.2 Å². The largest absolute Gasteiger partial charge is 0.389 e. The molecule has 2 aliphatic rings. The van der Waals surface area contributed by atoms with Gasteiger partial charge < -0.3 is 15.3 Å². The summed E-state index contributed by atoms with van der Waals surface area (Å²) >= 11 is 0. The summed E-state index contributed by atoms with van der Waals surface area (Å²) in [6.45, 7) is 0.864. The molecule has 3 N–H and O–H groups in total. The Bertz CT molecular complexity index is 673. The SMILES string of the molecule is O=C1CCC(NC(=O)c2ccc(N3CC(O)C3)cc2F)C(=O)N1. The molecular formula is C15H16FN3O4. The second-order valence-electron chi connectivity index (χ2n) is 5.70. The van der Waals surface area contributed by atoms with Gasteiger partial charge in [-0.3, -0.25) is 19.7 Å². The first-order valence-electron chi connectivity index (χ1n) is 7.31. The first kappa shape index (κ1) is 15.4. The molecule has 0 saturated carbocycles. The van der Waals surface area contributed by atoms with Gasteiger partial charge in [0.25, 0.3) is 5.91 Å². The van der Waals surface area contributed by atoms with Crippen LogP contribution in [-0.4, -0.2) is 48.1 Å². The van der Waals surface area contributed by atoms with E-state index < -0.39 is 29.8 Å². The average Bonchev–Trinajstić information content (AvgIpc) is 2.46. The highest BCUT2D eigenvalue weighted by Gasteiger charge is 2.29. The minimum Gasteiger partial charge on any atom is -0.389 e. The normalized spacial score (nSPS) is 21.7. The molecule has 2 saturated heterocycles. The molecule has 2 aliphatic heterocycles. The van der Waals surface area contributed by atoms with Crippen LogP contribution in [0.4, 0.5) is 10.1 Å².